The molecule has 0 saturated carbocycles. The summed E-state index contributed by atoms with van der Waals surface area (Å²) < 4.78 is 28.6. The van der Waals surface area contributed by atoms with Gasteiger partial charge in [0.1, 0.15) is 4.31 Å². The molecule has 0 aromatic heterocycles. The fraction of sp³-hybridized carbons (Fsp3) is 0. The van der Waals surface area contributed by atoms with Gasteiger partial charge >= 0.3 is 16.1 Å². The van der Waals surface area contributed by atoms with E-state index in [2.05, 4.69) is 0 Å². The fourth-order valence-corrected chi connectivity index (χ4v) is 3.39. The van der Waals surface area contributed by atoms with Crippen molar-refractivity contribution >= 4 is 26.7 Å². The maximum Gasteiger partial charge on any atom is 0.601 e. The van der Waals surface area contributed by atoms with Crippen LogP contribution >= 0.6 is 16.1 Å². The Labute approximate surface area is 101 Å². The van der Waals surface area contributed by atoms with E-state index in [9.17, 15) is 9.13 Å². The van der Waals surface area contributed by atoms with Crippen LogP contribution in [0.2, 0.25) is 0 Å². The molecule has 0 amide bonds. The van der Waals surface area contributed by atoms with Crippen LogP contribution in [0.25, 0.3) is 0 Å². The van der Waals surface area contributed by atoms with Crippen molar-refractivity contribution in [2.75, 3.05) is 0 Å². The van der Waals surface area contributed by atoms with Crippen LogP contribution in [0.5, 0.6) is 0 Å². The van der Waals surface area contributed by atoms with Crippen molar-refractivity contribution in [3.8, 4) is 0 Å². The minimum Gasteiger partial charge on any atom is -0.0619 e. The standard InChI is InChI=1S/C12H10O3P2/c13-16(11-7-3-1-4-8-11)15-17(14)12-9-5-2-6-10-12/h1-10H/q+2. The van der Waals surface area contributed by atoms with Gasteiger partial charge in [0.25, 0.3) is 0 Å². The van der Waals surface area contributed by atoms with Crippen LogP contribution < -0.4 is 10.6 Å². The molecule has 2 atom stereocenters. The van der Waals surface area contributed by atoms with Gasteiger partial charge in [-0.25, -0.2) is 0 Å². The second-order valence-electron chi connectivity index (χ2n) is 3.27. The predicted octanol–water partition coefficient (Wildman–Crippen LogP) is 3.14. The van der Waals surface area contributed by atoms with Crippen molar-refractivity contribution in [1.82, 2.24) is 0 Å². The smallest absolute Gasteiger partial charge is 0.0619 e. The Morgan fingerprint density at radius 2 is 1.00 bits per heavy atom. The molecule has 0 spiro atoms. The second-order valence-corrected chi connectivity index (χ2v) is 5.98. The lowest BCUT2D eigenvalue weighted by molar-refractivity contribution is 0.501. The molecule has 0 saturated heterocycles. The predicted molar refractivity (Wildman–Crippen MR) is 68.5 cm³/mol. The van der Waals surface area contributed by atoms with E-state index >= 15 is 0 Å². The first kappa shape index (κ1) is 12.1. The summed E-state index contributed by atoms with van der Waals surface area (Å²) >= 11 is 0. The van der Waals surface area contributed by atoms with Crippen molar-refractivity contribution in [1.29, 1.82) is 0 Å². The normalized spacial score (nSPS) is 12.0. The van der Waals surface area contributed by atoms with Crippen molar-refractivity contribution in [2.45, 2.75) is 0 Å². The second kappa shape index (κ2) is 5.79. The third-order valence-corrected chi connectivity index (χ3v) is 4.71. The van der Waals surface area contributed by atoms with E-state index in [-0.39, 0.29) is 0 Å². The fourth-order valence-electron chi connectivity index (χ4n) is 1.26. The van der Waals surface area contributed by atoms with Gasteiger partial charge in [0, 0.05) is 0 Å². The van der Waals surface area contributed by atoms with Crippen LogP contribution in [0.1, 0.15) is 0 Å². The maximum atomic E-state index is 11.8. The first-order valence-corrected chi connectivity index (χ1v) is 7.35. The van der Waals surface area contributed by atoms with Crippen LogP contribution in [0.15, 0.2) is 60.7 Å². The maximum absolute atomic E-state index is 11.8. The molecule has 0 fully saturated rings. The number of rotatable bonds is 4. The zero-order valence-electron chi connectivity index (χ0n) is 8.89. The Balaban J connectivity index is 2.08. The van der Waals surface area contributed by atoms with Gasteiger partial charge in [0.05, 0.1) is 0 Å². The lowest BCUT2D eigenvalue weighted by Gasteiger charge is -1.82. The van der Waals surface area contributed by atoms with Gasteiger partial charge < -0.3 is 0 Å². The molecule has 2 aromatic rings. The summed E-state index contributed by atoms with van der Waals surface area (Å²) in [5, 5.41) is 1.09. The average molecular weight is 264 g/mol. The highest BCUT2D eigenvalue weighted by Gasteiger charge is 2.38. The Kier molecular flexibility index (Phi) is 4.11. The van der Waals surface area contributed by atoms with E-state index < -0.39 is 16.1 Å². The summed E-state index contributed by atoms with van der Waals surface area (Å²) in [5.41, 5.74) is 0. The summed E-state index contributed by atoms with van der Waals surface area (Å²) in [4.78, 5) is 0. The van der Waals surface area contributed by atoms with Crippen molar-refractivity contribution < 1.29 is 13.4 Å². The van der Waals surface area contributed by atoms with Gasteiger partial charge in [0.2, 0.25) is 10.6 Å². The summed E-state index contributed by atoms with van der Waals surface area (Å²) in [5.74, 6) is 0. The average Bonchev–Trinajstić information content (AvgIpc) is 2.40. The van der Waals surface area contributed by atoms with Crippen LogP contribution in [0.4, 0.5) is 0 Å². The molecule has 0 aliphatic rings. The SMILES string of the molecule is O=[P+](O[P+](=O)c1ccccc1)c1ccccc1. The molecule has 3 nitrogen and oxygen atoms in total. The van der Waals surface area contributed by atoms with E-state index in [1.165, 1.54) is 0 Å². The van der Waals surface area contributed by atoms with Gasteiger partial charge in [-0.15, -0.1) is 0 Å². The number of hydrogen-bond acceptors (Lipinski definition) is 3. The van der Waals surface area contributed by atoms with E-state index in [1.54, 1.807) is 48.5 Å². The lowest BCUT2D eigenvalue weighted by atomic mass is 10.4. The van der Waals surface area contributed by atoms with Gasteiger partial charge in [-0.1, -0.05) is 36.4 Å². The molecule has 0 heterocycles. The first-order valence-electron chi connectivity index (χ1n) is 5.00. The van der Waals surface area contributed by atoms with E-state index in [1.807, 2.05) is 12.1 Å². The van der Waals surface area contributed by atoms with Crippen LogP contribution in [0.3, 0.4) is 0 Å². The third-order valence-electron chi connectivity index (χ3n) is 2.08. The first-order chi connectivity index (χ1) is 8.27. The minimum absolute atomic E-state index is 0.543. The molecule has 5 heteroatoms. The van der Waals surface area contributed by atoms with Gasteiger partial charge in [-0.2, -0.15) is 0 Å². The third kappa shape index (κ3) is 3.28. The summed E-state index contributed by atoms with van der Waals surface area (Å²) in [6.07, 6.45) is 0. The van der Waals surface area contributed by atoms with Gasteiger partial charge in [0.15, 0.2) is 0 Å². The highest BCUT2D eigenvalue weighted by Crippen LogP contribution is 2.36. The van der Waals surface area contributed by atoms with Crippen LogP contribution in [0, 0.1) is 0 Å². The summed E-state index contributed by atoms with van der Waals surface area (Å²) in [6.45, 7) is 0. The molecule has 2 unspecified atom stereocenters. The number of hydrogen-bond donors (Lipinski definition) is 0. The Hall–Kier alpha value is -1.40. The summed E-state index contributed by atoms with van der Waals surface area (Å²) in [7, 11) is -4.14. The highest BCUT2D eigenvalue weighted by molar-refractivity contribution is 7.61. The highest BCUT2D eigenvalue weighted by atomic mass is 31.2. The minimum atomic E-state index is -2.07. The Bertz CT molecular complexity index is 476. The van der Waals surface area contributed by atoms with Crippen LogP contribution in [-0.2, 0) is 13.4 Å². The zero-order valence-corrected chi connectivity index (χ0v) is 10.7. The molecule has 0 radical (unpaired) electrons. The monoisotopic (exact) mass is 264 g/mol. The van der Waals surface area contributed by atoms with Crippen LogP contribution in [-0.4, -0.2) is 0 Å². The lowest BCUT2D eigenvalue weighted by Crippen LogP contribution is -1.98. The van der Waals surface area contributed by atoms with Gasteiger partial charge in [-0.05, 0) is 33.4 Å². The molecule has 0 bridgehead atoms. The molecule has 17 heavy (non-hydrogen) atoms. The Morgan fingerprint density at radius 1 is 0.647 bits per heavy atom. The molecule has 0 aliphatic carbocycles. The van der Waals surface area contributed by atoms with E-state index in [4.69, 9.17) is 4.31 Å². The molecule has 2 aromatic carbocycles. The zero-order chi connectivity index (χ0) is 12.1. The van der Waals surface area contributed by atoms with E-state index in [0.717, 1.165) is 0 Å². The molecule has 0 aliphatic heterocycles. The molecule has 0 N–H and O–H groups in total. The molecule has 84 valence electrons. The van der Waals surface area contributed by atoms with Crippen molar-refractivity contribution in [2.24, 2.45) is 0 Å². The largest absolute Gasteiger partial charge is 0.601 e. The van der Waals surface area contributed by atoms with Crippen molar-refractivity contribution in [3.05, 3.63) is 60.7 Å². The molecule has 2 rings (SSSR count). The Morgan fingerprint density at radius 3 is 1.35 bits per heavy atom. The number of benzene rings is 2. The molecular weight excluding hydrogens is 254 g/mol. The summed E-state index contributed by atoms with van der Waals surface area (Å²) in [6, 6.07) is 17.5. The van der Waals surface area contributed by atoms with Gasteiger partial charge in [-0.3, -0.25) is 0 Å². The molecular formula is C12H10O3P2+2. The quantitative estimate of drug-likeness (QED) is 0.797. The van der Waals surface area contributed by atoms with E-state index in [0.29, 0.717) is 10.6 Å². The topological polar surface area (TPSA) is 43.4 Å². The van der Waals surface area contributed by atoms with Crippen molar-refractivity contribution in [3.63, 3.8) is 0 Å².